The highest BCUT2D eigenvalue weighted by atomic mass is 79.9. The molecule has 2 rings (SSSR count). The van der Waals surface area contributed by atoms with Crippen LogP contribution in [-0.4, -0.2) is 9.97 Å². The van der Waals surface area contributed by atoms with Crippen LogP contribution in [0.25, 0.3) is 0 Å². The molecule has 0 amide bonds. The predicted octanol–water partition coefficient (Wildman–Crippen LogP) is 4.34. The van der Waals surface area contributed by atoms with Gasteiger partial charge in [0.2, 0.25) is 5.88 Å². The third-order valence-corrected chi connectivity index (χ3v) is 2.73. The minimum atomic E-state index is 0.280. The minimum absolute atomic E-state index is 0.280. The number of hydrogen-bond donors (Lipinski definition) is 0. The van der Waals surface area contributed by atoms with Gasteiger partial charge >= 0.3 is 0 Å². The second kappa shape index (κ2) is 4.99. The molecule has 0 radical (unpaired) electrons. The van der Waals surface area contributed by atoms with Gasteiger partial charge < -0.3 is 4.74 Å². The summed E-state index contributed by atoms with van der Waals surface area (Å²) in [7, 11) is 0. The Morgan fingerprint density at radius 3 is 2.69 bits per heavy atom. The molecule has 0 N–H and O–H groups in total. The number of rotatable bonds is 2. The summed E-state index contributed by atoms with van der Waals surface area (Å²) in [6.45, 7) is 0. The number of hydrogen-bond acceptors (Lipinski definition) is 3. The summed E-state index contributed by atoms with van der Waals surface area (Å²) in [5.74, 6) is 0.927. The van der Waals surface area contributed by atoms with Crippen LogP contribution in [0.15, 0.2) is 35.1 Å². The van der Waals surface area contributed by atoms with Gasteiger partial charge in [-0.15, -0.1) is 0 Å². The fraction of sp³-hybridized carbons (Fsp3) is 0. The second-order valence-corrected chi connectivity index (χ2v) is 4.53. The summed E-state index contributed by atoms with van der Waals surface area (Å²) in [5.41, 5.74) is 0. The van der Waals surface area contributed by atoms with E-state index in [9.17, 15) is 0 Å². The maximum atomic E-state index is 5.81. The molecule has 1 aromatic heterocycles. The van der Waals surface area contributed by atoms with E-state index in [2.05, 4.69) is 25.9 Å². The van der Waals surface area contributed by atoms with Crippen LogP contribution in [0.4, 0.5) is 0 Å². The molecular weight excluding hydrogens is 315 g/mol. The molecule has 0 saturated heterocycles. The van der Waals surface area contributed by atoms with E-state index in [1.807, 2.05) is 0 Å². The van der Waals surface area contributed by atoms with Crippen molar-refractivity contribution >= 4 is 39.1 Å². The lowest BCUT2D eigenvalue weighted by atomic mass is 10.3. The lowest BCUT2D eigenvalue weighted by Crippen LogP contribution is -1.90. The number of nitrogens with zero attached hydrogens (tertiary/aromatic N) is 2. The van der Waals surface area contributed by atoms with Gasteiger partial charge in [0.1, 0.15) is 5.75 Å². The molecule has 82 valence electrons. The monoisotopic (exact) mass is 318 g/mol. The maximum absolute atomic E-state index is 5.81. The van der Waals surface area contributed by atoms with E-state index < -0.39 is 0 Å². The standard InChI is InChI=1S/C10H5BrCl2N2O/c11-7-3-6(12)1-2-8(7)16-10-5-14-4-9(13)15-10/h1-5H. The lowest BCUT2D eigenvalue weighted by Gasteiger charge is -2.06. The van der Waals surface area contributed by atoms with Crippen molar-refractivity contribution in [1.29, 1.82) is 0 Å². The topological polar surface area (TPSA) is 35.0 Å². The van der Waals surface area contributed by atoms with Crippen LogP contribution in [0.3, 0.4) is 0 Å². The Morgan fingerprint density at radius 1 is 1.19 bits per heavy atom. The van der Waals surface area contributed by atoms with Crippen molar-refractivity contribution < 1.29 is 4.74 Å². The summed E-state index contributed by atoms with van der Waals surface area (Å²) >= 11 is 14.8. The zero-order valence-electron chi connectivity index (χ0n) is 7.82. The molecule has 0 unspecified atom stereocenters. The highest BCUT2D eigenvalue weighted by Gasteiger charge is 2.05. The van der Waals surface area contributed by atoms with Crippen LogP contribution in [0.2, 0.25) is 10.2 Å². The average Bonchev–Trinajstić information content (AvgIpc) is 2.22. The Balaban J connectivity index is 2.27. The third kappa shape index (κ3) is 2.84. The van der Waals surface area contributed by atoms with Gasteiger partial charge in [-0.2, -0.15) is 4.98 Å². The first-order valence-corrected chi connectivity index (χ1v) is 5.80. The predicted molar refractivity (Wildman–Crippen MR) is 66.3 cm³/mol. The molecule has 1 aromatic carbocycles. The molecule has 0 bridgehead atoms. The van der Waals surface area contributed by atoms with Gasteiger partial charge in [-0.3, -0.25) is 4.98 Å². The molecule has 0 atom stereocenters. The number of aromatic nitrogens is 2. The van der Waals surface area contributed by atoms with Crippen molar-refractivity contribution in [2.45, 2.75) is 0 Å². The molecule has 2 aromatic rings. The summed E-state index contributed by atoms with van der Waals surface area (Å²) in [6, 6.07) is 5.18. The van der Waals surface area contributed by atoms with Gasteiger partial charge in [-0.1, -0.05) is 23.2 Å². The Kier molecular flexibility index (Phi) is 3.63. The van der Waals surface area contributed by atoms with E-state index >= 15 is 0 Å². The van der Waals surface area contributed by atoms with Crippen LogP contribution in [0.1, 0.15) is 0 Å². The Hall–Kier alpha value is -0.840. The fourth-order valence-electron chi connectivity index (χ4n) is 1.05. The molecule has 0 spiro atoms. The van der Waals surface area contributed by atoms with Crippen LogP contribution >= 0.6 is 39.1 Å². The molecule has 1 heterocycles. The van der Waals surface area contributed by atoms with E-state index in [1.54, 1.807) is 18.2 Å². The molecule has 0 aliphatic carbocycles. The maximum Gasteiger partial charge on any atom is 0.239 e. The van der Waals surface area contributed by atoms with E-state index in [0.29, 0.717) is 16.7 Å². The van der Waals surface area contributed by atoms with Gasteiger partial charge in [0.25, 0.3) is 0 Å². The van der Waals surface area contributed by atoms with E-state index in [0.717, 1.165) is 4.47 Å². The largest absolute Gasteiger partial charge is 0.436 e. The summed E-state index contributed by atoms with van der Waals surface area (Å²) in [6.07, 6.45) is 2.91. The molecule has 0 aliphatic heterocycles. The zero-order valence-corrected chi connectivity index (χ0v) is 10.9. The van der Waals surface area contributed by atoms with Crippen LogP contribution in [-0.2, 0) is 0 Å². The van der Waals surface area contributed by atoms with Crippen molar-refractivity contribution in [3.8, 4) is 11.6 Å². The van der Waals surface area contributed by atoms with Crippen LogP contribution in [0.5, 0.6) is 11.6 Å². The second-order valence-electron chi connectivity index (χ2n) is 2.86. The molecule has 0 aliphatic rings. The van der Waals surface area contributed by atoms with Crippen molar-refractivity contribution in [1.82, 2.24) is 9.97 Å². The SMILES string of the molecule is Clc1ccc(Oc2cncc(Cl)n2)c(Br)c1. The fourth-order valence-corrected chi connectivity index (χ4v) is 1.95. The van der Waals surface area contributed by atoms with Gasteiger partial charge in [0.05, 0.1) is 16.9 Å². The molecule has 0 fully saturated rings. The minimum Gasteiger partial charge on any atom is -0.436 e. The van der Waals surface area contributed by atoms with Crippen molar-refractivity contribution in [2.24, 2.45) is 0 Å². The van der Waals surface area contributed by atoms with Crippen LogP contribution in [0, 0.1) is 0 Å². The number of benzene rings is 1. The van der Waals surface area contributed by atoms with Crippen molar-refractivity contribution in [2.75, 3.05) is 0 Å². The first-order chi connectivity index (χ1) is 7.65. The summed E-state index contributed by atoms with van der Waals surface area (Å²) < 4.78 is 6.22. The van der Waals surface area contributed by atoms with Gasteiger partial charge in [0, 0.05) is 5.02 Å². The first kappa shape index (κ1) is 11.6. The molecule has 3 nitrogen and oxygen atoms in total. The summed E-state index contributed by atoms with van der Waals surface area (Å²) in [4.78, 5) is 7.83. The van der Waals surface area contributed by atoms with Crippen molar-refractivity contribution in [3.05, 3.63) is 45.2 Å². The number of halogens is 3. The molecule has 0 saturated carbocycles. The summed E-state index contributed by atoms with van der Waals surface area (Å²) in [5, 5.41) is 0.902. The molecule has 6 heteroatoms. The quantitative estimate of drug-likeness (QED) is 0.826. The smallest absolute Gasteiger partial charge is 0.239 e. The molecule has 16 heavy (non-hydrogen) atoms. The molecular formula is C10H5BrCl2N2O. The van der Waals surface area contributed by atoms with Crippen molar-refractivity contribution in [3.63, 3.8) is 0 Å². The Bertz CT molecular complexity index is 522. The van der Waals surface area contributed by atoms with Gasteiger partial charge in [0.15, 0.2) is 5.15 Å². The average molecular weight is 320 g/mol. The van der Waals surface area contributed by atoms with Gasteiger partial charge in [-0.25, -0.2) is 0 Å². The Labute approximate surface area is 111 Å². The Morgan fingerprint density at radius 2 is 2.00 bits per heavy atom. The third-order valence-electron chi connectivity index (χ3n) is 1.69. The van der Waals surface area contributed by atoms with E-state index in [1.165, 1.54) is 12.4 Å². The lowest BCUT2D eigenvalue weighted by molar-refractivity contribution is 0.457. The van der Waals surface area contributed by atoms with E-state index in [-0.39, 0.29) is 5.15 Å². The van der Waals surface area contributed by atoms with E-state index in [4.69, 9.17) is 27.9 Å². The number of ether oxygens (including phenoxy) is 1. The zero-order chi connectivity index (χ0) is 11.5. The first-order valence-electron chi connectivity index (χ1n) is 4.25. The normalized spacial score (nSPS) is 10.2. The highest BCUT2D eigenvalue weighted by Crippen LogP contribution is 2.31. The van der Waals surface area contributed by atoms with Gasteiger partial charge in [-0.05, 0) is 34.1 Å². The van der Waals surface area contributed by atoms with Crippen LogP contribution < -0.4 is 4.74 Å². The highest BCUT2D eigenvalue weighted by molar-refractivity contribution is 9.10.